The Morgan fingerprint density at radius 3 is 2.56 bits per heavy atom. The molecule has 0 aliphatic heterocycles. The van der Waals surface area contributed by atoms with Gasteiger partial charge in [-0.2, -0.15) is 5.10 Å². The molecule has 0 saturated carbocycles. The van der Waals surface area contributed by atoms with Crippen LogP contribution in [-0.4, -0.2) is 14.6 Å². The Labute approximate surface area is 96.5 Å². The number of hydrogen-bond donors (Lipinski definition) is 0. The molecule has 0 bridgehead atoms. The molecule has 0 spiro atoms. The summed E-state index contributed by atoms with van der Waals surface area (Å²) in [6.45, 7) is 8.54. The van der Waals surface area contributed by atoms with Crippen LogP contribution in [0, 0.1) is 13.8 Å². The molecule has 0 aromatic carbocycles. The predicted molar refractivity (Wildman–Crippen MR) is 65.8 cm³/mol. The van der Waals surface area contributed by atoms with E-state index in [9.17, 15) is 0 Å². The van der Waals surface area contributed by atoms with Crippen LogP contribution < -0.4 is 0 Å². The summed E-state index contributed by atoms with van der Waals surface area (Å²) in [5, 5.41) is 4.65. The van der Waals surface area contributed by atoms with Crippen molar-refractivity contribution in [1.29, 1.82) is 0 Å². The summed E-state index contributed by atoms with van der Waals surface area (Å²) in [7, 11) is 0. The van der Waals surface area contributed by atoms with E-state index in [0.717, 1.165) is 24.2 Å². The van der Waals surface area contributed by atoms with Gasteiger partial charge in [-0.15, -0.1) is 0 Å². The van der Waals surface area contributed by atoms with Crippen LogP contribution in [0.2, 0.25) is 0 Å². The molecule has 0 atom stereocenters. The third-order valence-corrected chi connectivity index (χ3v) is 3.15. The van der Waals surface area contributed by atoms with Gasteiger partial charge in [0.25, 0.3) is 0 Å². The Kier molecular flexibility index (Phi) is 2.95. The van der Waals surface area contributed by atoms with E-state index in [0.29, 0.717) is 5.92 Å². The summed E-state index contributed by atoms with van der Waals surface area (Å²) in [4.78, 5) is 4.47. The highest BCUT2D eigenvalue weighted by Crippen LogP contribution is 2.22. The Morgan fingerprint density at radius 1 is 1.25 bits per heavy atom. The zero-order valence-electron chi connectivity index (χ0n) is 10.5. The van der Waals surface area contributed by atoms with Gasteiger partial charge in [-0.1, -0.05) is 13.8 Å². The van der Waals surface area contributed by atoms with Crippen LogP contribution in [0.5, 0.6) is 0 Å². The minimum atomic E-state index is 0.561. The first-order chi connectivity index (χ1) is 7.65. The first kappa shape index (κ1) is 11.1. The number of aryl methyl sites for hydroxylation is 2. The molecule has 2 heterocycles. The van der Waals surface area contributed by atoms with Crippen molar-refractivity contribution in [2.24, 2.45) is 0 Å². The standard InChI is InChI=1S/C13H19N3/c1-5-11(6-2)12-7-9(3)13-14-10(4)8-16(13)15-12/h7-8,11H,5-6H2,1-4H3. The lowest BCUT2D eigenvalue weighted by atomic mass is 9.98. The topological polar surface area (TPSA) is 30.2 Å². The fraction of sp³-hybridized carbons (Fsp3) is 0.538. The molecular formula is C13H19N3. The van der Waals surface area contributed by atoms with Gasteiger partial charge in [0.15, 0.2) is 5.65 Å². The molecule has 0 saturated heterocycles. The van der Waals surface area contributed by atoms with Crippen LogP contribution >= 0.6 is 0 Å². The lowest BCUT2D eigenvalue weighted by Crippen LogP contribution is -2.04. The zero-order chi connectivity index (χ0) is 11.7. The van der Waals surface area contributed by atoms with Crippen molar-refractivity contribution in [2.75, 3.05) is 0 Å². The van der Waals surface area contributed by atoms with E-state index in [1.807, 2.05) is 17.6 Å². The highest BCUT2D eigenvalue weighted by atomic mass is 15.3. The van der Waals surface area contributed by atoms with Gasteiger partial charge in [0, 0.05) is 5.92 Å². The Hall–Kier alpha value is -1.38. The second-order valence-electron chi connectivity index (χ2n) is 4.42. The van der Waals surface area contributed by atoms with Crippen molar-refractivity contribution in [2.45, 2.75) is 46.5 Å². The van der Waals surface area contributed by atoms with E-state index in [1.54, 1.807) is 0 Å². The summed E-state index contributed by atoms with van der Waals surface area (Å²) < 4.78 is 1.92. The fourth-order valence-corrected chi connectivity index (χ4v) is 2.18. The average Bonchev–Trinajstić information content (AvgIpc) is 2.61. The van der Waals surface area contributed by atoms with E-state index in [4.69, 9.17) is 0 Å². The van der Waals surface area contributed by atoms with Crippen molar-refractivity contribution >= 4 is 5.65 Å². The van der Waals surface area contributed by atoms with Crippen molar-refractivity contribution in [3.8, 4) is 0 Å². The van der Waals surface area contributed by atoms with Crippen LogP contribution in [0.25, 0.3) is 5.65 Å². The van der Waals surface area contributed by atoms with Gasteiger partial charge in [-0.25, -0.2) is 9.50 Å². The van der Waals surface area contributed by atoms with E-state index >= 15 is 0 Å². The van der Waals surface area contributed by atoms with Crippen LogP contribution in [-0.2, 0) is 0 Å². The summed E-state index contributed by atoms with van der Waals surface area (Å²) >= 11 is 0. The monoisotopic (exact) mass is 217 g/mol. The molecule has 0 unspecified atom stereocenters. The lowest BCUT2D eigenvalue weighted by Gasteiger charge is -2.12. The molecule has 2 aromatic rings. The van der Waals surface area contributed by atoms with Crippen molar-refractivity contribution in [3.63, 3.8) is 0 Å². The molecule has 3 heteroatoms. The van der Waals surface area contributed by atoms with Gasteiger partial charge in [-0.3, -0.25) is 0 Å². The highest BCUT2D eigenvalue weighted by molar-refractivity contribution is 5.47. The van der Waals surface area contributed by atoms with E-state index in [1.165, 1.54) is 11.3 Å². The SMILES string of the molecule is CCC(CC)c1cc(C)c2nc(C)cn2n1. The quantitative estimate of drug-likeness (QED) is 0.790. The highest BCUT2D eigenvalue weighted by Gasteiger charge is 2.12. The van der Waals surface area contributed by atoms with Gasteiger partial charge < -0.3 is 0 Å². The maximum atomic E-state index is 4.65. The average molecular weight is 217 g/mol. The molecule has 0 aliphatic carbocycles. The molecule has 0 radical (unpaired) electrons. The molecule has 0 fully saturated rings. The lowest BCUT2D eigenvalue weighted by molar-refractivity contribution is 0.607. The molecule has 2 aromatic heterocycles. The van der Waals surface area contributed by atoms with Gasteiger partial charge in [0.1, 0.15) is 0 Å². The summed E-state index contributed by atoms with van der Waals surface area (Å²) in [6.07, 6.45) is 4.28. The fourth-order valence-electron chi connectivity index (χ4n) is 2.18. The summed E-state index contributed by atoms with van der Waals surface area (Å²) in [5.74, 6) is 0.561. The molecule has 3 nitrogen and oxygen atoms in total. The maximum absolute atomic E-state index is 4.65. The minimum Gasteiger partial charge on any atom is -0.232 e. The first-order valence-electron chi connectivity index (χ1n) is 5.99. The third-order valence-electron chi connectivity index (χ3n) is 3.15. The number of rotatable bonds is 3. The predicted octanol–water partition coefficient (Wildman–Crippen LogP) is 3.25. The first-order valence-corrected chi connectivity index (χ1v) is 5.99. The maximum Gasteiger partial charge on any atom is 0.156 e. The molecule has 2 rings (SSSR count). The largest absolute Gasteiger partial charge is 0.232 e. The number of aromatic nitrogens is 3. The van der Waals surface area contributed by atoms with E-state index in [2.05, 4.69) is 36.9 Å². The van der Waals surface area contributed by atoms with Gasteiger partial charge in [0.05, 0.1) is 17.6 Å². The zero-order valence-corrected chi connectivity index (χ0v) is 10.5. The van der Waals surface area contributed by atoms with E-state index in [-0.39, 0.29) is 0 Å². The third kappa shape index (κ3) is 1.82. The van der Waals surface area contributed by atoms with Crippen molar-refractivity contribution < 1.29 is 0 Å². The number of hydrogen-bond acceptors (Lipinski definition) is 2. The van der Waals surface area contributed by atoms with Crippen LogP contribution in [0.3, 0.4) is 0 Å². The number of imidazole rings is 1. The van der Waals surface area contributed by atoms with Gasteiger partial charge in [0.2, 0.25) is 0 Å². The molecule has 86 valence electrons. The minimum absolute atomic E-state index is 0.561. The second kappa shape index (κ2) is 4.24. The van der Waals surface area contributed by atoms with Crippen LogP contribution in [0.15, 0.2) is 12.3 Å². The molecule has 0 N–H and O–H groups in total. The molecule has 0 aliphatic rings. The molecule has 16 heavy (non-hydrogen) atoms. The summed E-state index contributed by atoms with van der Waals surface area (Å²) in [5.41, 5.74) is 4.40. The normalized spacial score (nSPS) is 11.6. The van der Waals surface area contributed by atoms with Gasteiger partial charge in [-0.05, 0) is 38.3 Å². The summed E-state index contributed by atoms with van der Waals surface area (Å²) in [6, 6.07) is 2.18. The van der Waals surface area contributed by atoms with Gasteiger partial charge >= 0.3 is 0 Å². The second-order valence-corrected chi connectivity index (χ2v) is 4.42. The van der Waals surface area contributed by atoms with Crippen molar-refractivity contribution in [1.82, 2.24) is 14.6 Å². The smallest absolute Gasteiger partial charge is 0.156 e. The Morgan fingerprint density at radius 2 is 1.94 bits per heavy atom. The molecule has 0 amide bonds. The van der Waals surface area contributed by atoms with Crippen LogP contribution in [0.1, 0.15) is 49.6 Å². The number of nitrogens with zero attached hydrogens (tertiary/aromatic N) is 3. The Bertz CT molecular complexity index is 495. The number of fused-ring (bicyclic) bond motifs is 1. The van der Waals surface area contributed by atoms with E-state index < -0.39 is 0 Å². The Balaban J connectivity index is 2.56. The molecular weight excluding hydrogens is 198 g/mol. The van der Waals surface area contributed by atoms with Crippen molar-refractivity contribution in [3.05, 3.63) is 29.2 Å². The van der Waals surface area contributed by atoms with Crippen LogP contribution in [0.4, 0.5) is 0 Å².